The van der Waals surface area contributed by atoms with Crippen LogP contribution in [0.5, 0.6) is 11.5 Å². The van der Waals surface area contributed by atoms with Gasteiger partial charge in [0, 0.05) is 10.4 Å². The maximum atomic E-state index is 11.1. The van der Waals surface area contributed by atoms with Crippen LogP contribution in [0, 0.1) is 0 Å². The topological polar surface area (TPSA) is 61.6 Å². The second kappa shape index (κ2) is 5.10. The number of carbonyl (C=O) groups excluding carboxylic acids is 1. The summed E-state index contributed by atoms with van der Waals surface area (Å²) in [7, 11) is 3.21. The van der Waals surface area contributed by atoms with Crippen LogP contribution >= 0.6 is 11.3 Å². The number of ether oxygens (including phenoxy) is 2. The Bertz CT molecular complexity index is 577. The van der Waals surface area contributed by atoms with Gasteiger partial charge in [-0.1, -0.05) is 0 Å². The van der Waals surface area contributed by atoms with Crippen LogP contribution in [0.3, 0.4) is 0 Å². The van der Waals surface area contributed by atoms with Gasteiger partial charge in [0.1, 0.15) is 11.5 Å². The highest BCUT2D eigenvalue weighted by molar-refractivity contribution is 7.17. The zero-order chi connectivity index (χ0) is 13.1. The molecule has 2 N–H and O–H groups in total. The number of nitrogens with two attached hydrogens (primary N) is 1. The van der Waals surface area contributed by atoms with E-state index in [-0.39, 0.29) is 0 Å². The number of carbonyl (C=O) groups is 1. The number of hydrogen-bond donors (Lipinski definition) is 1. The van der Waals surface area contributed by atoms with Crippen LogP contribution in [0.1, 0.15) is 9.67 Å². The minimum Gasteiger partial charge on any atom is -0.497 e. The molecule has 0 aliphatic carbocycles. The molecule has 0 unspecified atom stereocenters. The van der Waals surface area contributed by atoms with Crippen molar-refractivity contribution < 1.29 is 14.3 Å². The lowest BCUT2D eigenvalue weighted by molar-refractivity contribution is 0.100. The van der Waals surface area contributed by atoms with Crippen molar-refractivity contribution in [3.63, 3.8) is 0 Å². The number of hydrogen-bond acceptors (Lipinski definition) is 4. The summed E-state index contributed by atoms with van der Waals surface area (Å²) in [5, 5.41) is 0. The third-order valence-electron chi connectivity index (χ3n) is 2.52. The second-order valence-corrected chi connectivity index (χ2v) is 4.68. The molecule has 2 rings (SSSR count). The largest absolute Gasteiger partial charge is 0.497 e. The molecule has 1 heterocycles. The highest BCUT2D eigenvalue weighted by atomic mass is 32.1. The molecule has 18 heavy (non-hydrogen) atoms. The predicted octanol–water partition coefficient (Wildman–Crippen LogP) is 2.53. The van der Waals surface area contributed by atoms with Gasteiger partial charge in [0.2, 0.25) is 0 Å². The Labute approximate surface area is 109 Å². The van der Waals surface area contributed by atoms with Crippen molar-refractivity contribution >= 4 is 17.2 Å². The summed E-state index contributed by atoms with van der Waals surface area (Å²) in [6, 6.07) is 9.08. The Balaban J connectivity index is 2.50. The number of primary amides is 1. The minimum atomic E-state index is -0.423. The van der Waals surface area contributed by atoms with Gasteiger partial charge in [-0.15, -0.1) is 11.3 Å². The first-order valence-corrected chi connectivity index (χ1v) is 6.09. The van der Waals surface area contributed by atoms with E-state index in [1.165, 1.54) is 11.3 Å². The molecule has 0 bridgehead atoms. The SMILES string of the molecule is COc1ccc(OC)c(-c2ccc(C(N)=O)s2)c1. The second-order valence-electron chi connectivity index (χ2n) is 3.59. The number of thiophene rings is 1. The van der Waals surface area contributed by atoms with E-state index in [2.05, 4.69) is 0 Å². The summed E-state index contributed by atoms with van der Waals surface area (Å²) in [5.41, 5.74) is 6.13. The molecule has 0 saturated heterocycles. The summed E-state index contributed by atoms with van der Waals surface area (Å²) < 4.78 is 10.5. The van der Waals surface area contributed by atoms with E-state index in [1.807, 2.05) is 24.3 Å². The molecule has 0 radical (unpaired) electrons. The van der Waals surface area contributed by atoms with Crippen molar-refractivity contribution in [2.24, 2.45) is 5.73 Å². The molecule has 1 aromatic carbocycles. The monoisotopic (exact) mass is 263 g/mol. The van der Waals surface area contributed by atoms with Gasteiger partial charge in [-0.25, -0.2) is 0 Å². The third-order valence-corrected chi connectivity index (χ3v) is 3.65. The summed E-state index contributed by atoms with van der Waals surface area (Å²) in [5.74, 6) is 1.04. The highest BCUT2D eigenvalue weighted by Gasteiger charge is 2.12. The van der Waals surface area contributed by atoms with Gasteiger partial charge in [-0.3, -0.25) is 4.79 Å². The fourth-order valence-corrected chi connectivity index (χ4v) is 2.50. The van der Waals surface area contributed by atoms with Crippen molar-refractivity contribution in [1.29, 1.82) is 0 Å². The van der Waals surface area contributed by atoms with Gasteiger partial charge >= 0.3 is 0 Å². The van der Waals surface area contributed by atoms with Gasteiger partial charge in [-0.05, 0) is 30.3 Å². The Morgan fingerprint density at radius 3 is 2.50 bits per heavy atom. The summed E-state index contributed by atoms with van der Waals surface area (Å²) in [6.07, 6.45) is 0. The van der Waals surface area contributed by atoms with Crippen molar-refractivity contribution in [2.45, 2.75) is 0 Å². The number of amides is 1. The van der Waals surface area contributed by atoms with Crippen molar-refractivity contribution in [3.05, 3.63) is 35.2 Å². The Kier molecular flexibility index (Phi) is 3.53. The van der Waals surface area contributed by atoms with Gasteiger partial charge in [-0.2, -0.15) is 0 Å². The van der Waals surface area contributed by atoms with Crippen LogP contribution < -0.4 is 15.2 Å². The normalized spacial score (nSPS) is 10.1. The summed E-state index contributed by atoms with van der Waals surface area (Å²) in [4.78, 5) is 12.5. The minimum absolute atomic E-state index is 0.423. The van der Waals surface area contributed by atoms with Crippen molar-refractivity contribution in [2.75, 3.05) is 14.2 Å². The van der Waals surface area contributed by atoms with Gasteiger partial charge in [0.25, 0.3) is 5.91 Å². The van der Waals surface area contributed by atoms with Crippen molar-refractivity contribution in [1.82, 2.24) is 0 Å². The molecule has 4 nitrogen and oxygen atoms in total. The molecule has 1 aromatic heterocycles. The molecule has 0 spiro atoms. The Morgan fingerprint density at radius 2 is 1.94 bits per heavy atom. The van der Waals surface area contributed by atoms with Gasteiger partial charge in [0.15, 0.2) is 0 Å². The van der Waals surface area contributed by atoms with E-state index in [4.69, 9.17) is 15.2 Å². The lowest BCUT2D eigenvalue weighted by Gasteiger charge is -2.08. The molecular weight excluding hydrogens is 250 g/mol. The molecule has 1 amide bonds. The fraction of sp³-hybridized carbons (Fsp3) is 0.154. The number of rotatable bonds is 4. The number of benzene rings is 1. The average molecular weight is 263 g/mol. The molecule has 0 aliphatic heterocycles. The fourth-order valence-electron chi connectivity index (χ4n) is 1.62. The standard InChI is InChI=1S/C13H13NO3S/c1-16-8-3-4-10(17-2)9(7-8)11-5-6-12(18-11)13(14)15/h3-7H,1-2H3,(H2,14,15). The summed E-state index contributed by atoms with van der Waals surface area (Å²) >= 11 is 1.33. The first kappa shape index (κ1) is 12.4. The van der Waals surface area contributed by atoms with Crippen LogP contribution in [-0.2, 0) is 0 Å². The zero-order valence-corrected chi connectivity index (χ0v) is 10.9. The van der Waals surface area contributed by atoms with E-state index in [9.17, 15) is 4.79 Å². The average Bonchev–Trinajstić information content (AvgIpc) is 2.87. The predicted molar refractivity (Wildman–Crippen MR) is 71.4 cm³/mol. The first-order valence-electron chi connectivity index (χ1n) is 5.27. The molecule has 0 aliphatic rings. The Morgan fingerprint density at radius 1 is 1.17 bits per heavy atom. The molecule has 0 saturated carbocycles. The smallest absolute Gasteiger partial charge is 0.258 e. The van der Waals surface area contributed by atoms with Gasteiger partial charge in [0.05, 0.1) is 19.1 Å². The van der Waals surface area contributed by atoms with E-state index in [0.717, 1.165) is 21.9 Å². The van der Waals surface area contributed by atoms with E-state index < -0.39 is 5.91 Å². The molecule has 2 aromatic rings. The highest BCUT2D eigenvalue weighted by Crippen LogP contribution is 2.37. The number of methoxy groups -OCH3 is 2. The van der Waals surface area contributed by atoms with Crippen LogP contribution in [0.15, 0.2) is 30.3 Å². The molecule has 0 fully saturated rings. The van der Waals surface area contributed by atoms with E-state index in [0.29, 0.717) is 4.88 Å². The lowest BCUT2D eigenvalue weighted by Crippen LogP contribution is -2.07. The zero-order valence-electron chi connectivity index (χ0n) is 10.1. The lowest BCUT2D eigenvalue weighted by atomic mass is 10.1. The van der Waals surface area contributed by atoms with Crippen LogP contribution in [-0.4, -0.2) is 20.1 Å². The first-order chi connectivity index (χ1) is 8.65. The molecule has 0 atom stereocenters. The molecule has 94 valence electrons. The van der Waals surface area contributed by atoms with Crippen LogP contribution in [0.4, 0.5) is 0 Å². The quantitative estimate of drug-likeness (QED) is 0.922. The van der Waals surface area contributed by atoms with Gasteiger partial charge < -0.3 is 15.2 Å². The van der Waals surface area contributed by atoms with Crippen LogP contribution in [0.2, 0.25) is 0 Å². The maximum Gasteiger partial charge on any atom is 0.258 e. The van der Waals surface area contributed by atoms with E-state index >= 15 is 0 Å². The molecular formula is C13H13NO3S. The summed E-state index contributed by atoms with van der Waals surface area (Å²) in [6.45, 7) is 0. The van der Waals surface area contributed by atoms with Crippen LogP contribution in [0.25, 0.3) is 10.4 Å². The maximum absolute atomic E-state index is 11.1. The van der Waals surface area contributed by atoms with E-state index in [1.54, 1.807) is 20.3 Å². The van der Waals surface area contributed by atoms with Crippen molar-refractivity contribution in [3.8, 4) is 21.9 Å². The third kappa shape index (κ3) is 2.31. The Hall–Kier alpha value is -2.01. The molecule has 5 heteroatoms.